The van der Waals surface area contributed by atoms with Crippen LogP contribution in [-0.4, -0.2) is 53.7 Å². The highest BCUT2D eigenvalue weighted by molar-refractivity contribution is 7.99. The smallest absolute Gasteiger partial charge is 0.313 e. The fourth-order valence-electron chi connectivity index (χ4n) is 2.24. The molecule has 0 spiro atoms. The number of rotatable bonds is 8. The van der Waals surface area contributed by atoms with Gasteiger partial charge in [-0.3, -0.25) is 14.4 Å². The van der Waals surface area contributed by atoms with Crippen molar-refractivity contribution in [3.63, 3.8) is 0 Å². The van der Waals surface area contributed by atoms with Gasteiger partial charge in [0, 0.05) is 30.2 Å². The van der Waals surface area contributed by atoms with Crippen LogP contribution in [0.15, 0.2) is 24.3 Å². The maximum Gasteiger partial charge on any atom is 0.313 e. The summed E-state index contributed by atoms with van der Waals surface area (Å²) in [6, 6.07) is 6.67. The summed E-state index contributed by atoms with van der Waals surface area (Å²) >= 11 is 1.24. The van der Waals surface area contributed by atoms with E-state index in [1.54, 1.807) is 24.3 Å². The number of hydrogen-bond donors (Lipinski definition) is 3. The highest BCUT2D eigenvalue weighted by atomic mass is 32.2. The second-order valence-electron chi connectivity index (χ2n) is 5.27. The van der Waals surface area contributed by atoms with Crippen molar-refractivity contribution in [2.75, 3.05) is 30.0 Å². The van der Waals surface area contributed by atoms with Crippen LogP contribution in [0, 0.1) is 0 Å². The number of anilines is 1. The summed E-state index contributed by atoms with van der Waals surface area (Å²) in [5, 5.41) is 14.0. The number of carboxylic acids is 1. The van der Waals surface area contributed by atoms with Gasteiger partial charge in [0.2, 0.25) is 0 Å². The maximum absolute atomic E-state index is 12.1. The van der Waals surface area contributed by atoms with E-state index in [2.05, 4.69) is 10.6 Å². The molecule has 8 heteroatoms. The first-order valence-electron chi connectivity index (χ1n) is 7.66. The molecule has 0 aromatic heterocycles. The SMILES string of the molecule is O=C(O)CSCCNC(=O)c1cccc(NC(=O)C2CCCO2)c1. The van der Waals surface area contributed by atoms with Gasteiger partial charge in [0.15, 0.2) is 0 Å². The van der Waals surface area contributed by atoms with Gasteiger partial charge >= 0.3 is 5.97 Å². The van der Waals surface area contributed by atoms with Crippen molar-refractivity contribution < 1.29 is 24.2 Å². The van der Waals surface area contributed by atoms with Gasteiger partial charge in [-0.1, -0.05) is 6.07 Å². The van der Waals surface area contributed by atoms with Crippen LogP contribution in [0.4, 0.5) is 5.69 Å². The molecule has 2 amide bonds. The van der Waals surface area contributed by atoms with E-state index in [-0.39, 0.29) is 17.6 Å². The second-order valence-corrected chi connectivity index (χ2v) is 6.38. The second kappa shape index (κ2) is 9.29. The summed E-state index contributed by atoms with van der Waals surface area (Å²) in [5.74, 6) is -0.802. The summed E-state index contributed by atoms with van der Waals surface area (Å²) in [4.78, 5) is 34.5. The molecule has 1 aliphatic heterocycles. The fourth-order valence-corrected chi connectivity index (χ4v) is 2.81. The van der Waals surface area contributed by atoms with Crippen LogP contribution in [-0.2, 0) is 14.3 Å². The number of aliphatic carboxylic acids is 1. The van der Waals surface area contributed by atoms with Gasteiger partial charge in [-0.2, -0.15) is 0 Å². The van der Waals surface area contributed by atoms with E-state index in [4.69, 9.17) is 9.84 Å². The molecular formula is C16H20N2O5S. The third kappa shape index (κ3) is 5.86. The predicted molar refractivity (Wildman–Crippen MR) is 91.3 cm³/mol. The molecule has 24 heavy (non-hydrogen) atoms. The van der Waals surface area contributed by atoms with Crippen molar-refractivity contribution in [2.24, 2.45) is 0 Å². The number of carbonyl (C=O) groups excluding carboxylic acids is 2. The monoisotopic (exact) mass is 352 g/mol. The lowest BCUT2D eigenvalue weighted by Gasteiger charge is -2.11. The molecule has 1 aromatic carbocycles. The lowest BCUT2D eigenvalue weighted by Crippen LogP contribution is -2.28. The summed E-state index contributed by atoms with van der Waals surface area (Å²) in [5.41, 5.74) is 0.978. The summed E-state index contributed by atoms with van der Waals surface area (Å²) in [7, 11) is 0. The molecule has 1 aliphatic rings. The molecular weight excluding hydrogens is 332 g/mol. The van der Waals surface area contributed by atoms with Crippen molar-refractivity contribution >= 4 is 35.2 Å². The maximum atomic E-state index is 12.1. The van der Waals surface area contributed by atoms with Crippen molar-refractivity contribution in [3.05, 3.63) is 29.8 Å². The molecule has 1 aromatic rings. The summed E-state index contributed by atoms with van der Waals surface area (Å²) in [6.45, 7) is 0.976. The zero-order valence-electron chi connectivity index (χ0n) is 13.1. The lowest BCUT2D eigenvalue weighted by molar-refractivity contribution is -0.134. The first-order valence-corrected chi connectivity index (χ1v) is 8.82. The Labute approximate surface area is 144 Å². The molecule has 130 valence electrons. The molecule has 0 saturated carbocycles. The summed E-state index contributed by atoms with van der Waals surface area (Å²) < 4.78 is 5.32. The molecule has 0 radical (unpaired) electrons. The largest absolute Gasteiger partial charge is 0.481 e. The Hall–Kier alpha value is -2.06. The molecule has 1 unspecified atom stereocenters. The van der Waals surface area contributed by atoms with E-state index in [1.807, 2.05) is 0 Å². The Morgan fingerprint density at radius 2 is 2.17 bits per heavy atom. The number of amides is 2. The fraction of sp³-hybridized carbons (Fsp3) is 0.438. The highest BCUT2D eigenvalue weighted by Gasteiger charge is 2.23. The first kappa shape index (κ1) is 18.3. The predicted octanol–water partition coefficient (Wildman–Crippen LogP) is 1.35. The van der Waals surface area contributed by atoms with Crippen LogP contribution >= 0.6 is 11.8 Å². The van der Waals surface area contributed by atoms with Crippen LogP contribution in [0.2, 0.25) is 0 Å². The van der Waals surface area contributed by atoms with Crippen molar-refractivity contribution in [1.29, 1.82) is 0 Å². The highest BCUT2D eigenvalue weighted by Crippen LogP contribution is 2.16. The zero-order valence-corrected chi connectivity index (χ0v) is 13.9. The molecule has 1 saturated heterocycles. The number of benzene rings is 1. The van der Waals surface area contributed by atoms with E-state index in [9.17, 15) is 14.4 Å². The number of hydrogen-bond acceptors (Lipinski definition) is 5. The number of ether oxygens (including phenoxy) is 1. The standard InChI is InChI=1S/C16H20N2O5S/c19-14(20)10-24-8-6-17-15(21)11-3-1-4-12(9-11)18-16(22)13-5-2-7-23-13/h1,3-4,9,13H,2,5-8,10H2,(H,17,21)(H,18,22)(H,19,20). The van der Waals surface area contributed by atoms with Gasteiger partial charge in [0.05, 0.1) is 5.75 Å². The van der Waals surface area contributed by atoms with Gasteiger partial charge in [-0.25, -0.2) is 0 Å². The third-order valence-electron chi connectivity index (χ3n) is 3.37. The van der Waals surface area contributed by atoms with E-state index >= 15 is 0 Å². The Morgan fingerprint density at radius 3 is 2.88 bits per heavy atom. The van der Waals surface area contributed by atoms with Crippen molar-refractivity contribution in [3.8, 4) is 0 Å². The Balaban J connectivity index is 1.81. The van der Waals surface area contributed by atoms with Gasteiger partial charge in [-0.15, -0.1) is 11.8 Å². The average Bonchev–Trinajstić information content (AvgIpc) is 3.09. The minimum absolute atomic E-state index is 0.0145. The molecule has 0 aliphatic carbocycles. The van der Waals surface area contributed by atoms with E-state index in [0.717, 1.165) is 6.42 Å². The molecule has 2 rings (SSSR count). The number of carbonyl (C=O) groups is 3. The lowest BCUT2D eigenvalue weighted by atomic mass is 10.1. The topological polar surface area (TPSA) is 105 Å². The molecule has 0 bridgehead atoms. The summed E-state index contributed by atoms with van der Waals surface area (Å²) in [6.07, 6.45) is 1.16. The number of carboxylic acid groups (broad SMARTS) is 1. The van der Waals surface area contributed by atoms with Crippen LogP contribution in [0.3, 0.4) is 0 Å². The van der Waals surface area contributed by atoms with Crippen molar-refractivity contribution in [2.45, 2.75) is 18.9 Å². The minimum Gasteiger partial charge on any atom is -0.481 e. The van der Waals surface area contributed by atoms with Crippen molar-refractivity contribution in [1.82, 2.24) is 5.32 Å². The normalized spacial score (nSPS) is 16.6. The molecule has 1 heterocycles. The molecule has 3 N–H and O–H groups in total. The average molecular weight is 352 g/mol. The number of nitrogens with one attached hydrogen (secondary N) is 2. The Bertz CT molecular complexity index is 602. The molecule has 7 nitrogen and oxygen atoms in total. The van der Waals surface area contributed by atoms with E-state index < -0.39 is 12.1 Å². The van der Waals surface area contributed by atoms with Crippen LogP contribution in [0.25, 0.3) is 0 Å². The van der Waals surface area contributed by atoms with Gasteiger partial charge in [0.1, 0.15) is 6.10 Å². The number of thioether (sulfide) groups is 1. The third-order valence-corrected chi connectivity index (χ3v) is 4.32. The molecule has 1 atom stereocenters. The van der Waals surface area contributed by atoms with Crippen LogP contribution in [0.1, 0.15) is 23.2 Å². The van der Waals surface area contributed by atoms with Gasteiger partial charge in [-0.05, 0) is 31.0 Å². The zero-order chi connectivity index (χ0) is 17.4. The van der Waals surface area contributed by atoms with Gasteiger partial charge in [0.25, 0.3) is 11.8 Å². The van der Waals surface area contributed by atoms with E-state index in [1.165, 1.54) is 11.8 Å². The van der Waals surface area contributed by atoms with E-state index in [0.29, 0.717) is 36.6 Å². The first-order chi connectivity index (χ1) is 11.6. The molecule has 1 fully saturated rings. The Morgan fingerprint density at radius 1 is 1.33 bits per heavy atom. The quantitative estimate of drug-likeness (QED) is 0.610. The van der Waals surface area contributed by atoms with Crippen LogP contribution < -0.4 is 10.6 Å². The van der Waals surface area contributed by atoms with Crippen LogP contribution in [0.5, 0.6) is 0 Å². The minimum atomic E-state index is -0.874. The van der Waals surface area contributed by atoms with Gasteiger partial charge < -0.3 is 20.5 Å². The Kier molecular flexibility index (Phi) is 7.07.